The largest absolute Gasteiger partial charge is 0.508 e. The molecular weight excluding hydrogens is 258 g/mol. The number of halogens is 1. The van der Waals surface area contributed by atoms with Crippen LogP contribution in [-0.4, -0.2) is 42.1 Å². The zero-order valence-electron chi connectivity index (χ0n) is 10.1. The van der Waals surface area contributed by atoms with E-state index in [4.69, 9.17) is 11.6 Å². The van der Waals surface area contributed by atoms with Crippen molar-refractivity contribution in [2.75, 3.05) is 20.2 Å². The second-order valence-corrected chi connectivity index (χ2v) is 3.97. The van der Waals surface area contributed by atoms with Crippen molar-refractivity contribution < 1.29 is 19.4 Å². The van der Waals surface area contributed by atoms with Crippen molar-refractivity contribution in [3.63, 3.8) is 0 Å². The van der Waals surface area contributed by atoms with Crippen LogP contribution in [0.3, 0.4) is 0 Å². The zero-order chi connectivity index (χ0) is 13.7. The Kier molecular flexibility index (Phi) is 4.97. The molecule has 0 spiro atoms. The Hall–Kier alpha value is -1.75. The number of carbonyl (C=O) groups excluding carboxylic acids is 2. The van der Waals surface area contributed by atoms with Gasteiger partial charge in [-0.25, -0.2) is 0 Å². The second kappa shape index (κ2) is 6.26. The molecule has 1 N–H and O–H groups in total. The van der Waals surface area contributed by atoms with E-state index < -0.39 is 11.9 Å². The van der Waals surface area contributed by atoms with Crippen molar-refractivity contribution in [1.29, 1.82) is 0 Å². The molecule has 0 atom stereocenters. The maximum atomic E-state index is 12.1. The number of hydrogen-bond acceptors (Lipinski definition) is 4. The Labute approximate surface area is 110 Å². The van der Waals surface area contributed by atoms with Crippen LogP contribution in [0.5, 0.6) is 5.75 Å². The van der Waals surface area contributed by atoms with Gasteiger partial charge in [-0.2, -0.15) is 0 Å². The Bertz CT molecular complexity index is 461. The Morgan fingerprint density at radius 2 is 2.11 bits per heavy atom. The Morgan fingerprint density at radius 1 is 1.44 bits per heavy atom. The summed E-state index contributed by atoms with van der Waals surface area (Å²) < 4.78 is 4.51. The number of rotatable bonds is 4. The number of hydrogen-bond donors (Lipinski definition) is 1. The molecule has 0 aliphatic carbocycles. The summed E-state index contributed by atoms with van der Waals surface area (Å²) in [6, 6.07) is 4.08. The Morgan fingerprint density at radius 3 is 2.67 bits per heavy atom. The van der Waals surface area contributed by atoms with Crippen LogP contribution in [0.4, 0.5) is 0 Å². The van der Waals surface area contributed by atoms with Crippen molar-refractivity contribution in [2.24, 2.45) is 0 Å². The van der Waals surface area contributed by atoms with Crippen LogP contribution in [0.15, 0.2) is 18.2 Å². The van der Waals surface area contributed by atoms with Crippen LogP contribution in [-0.2, 0) is 9.53 Å². The molecule has 0 aromatic heterocycles. The third-order valence-electron chi connectivity index (χ3n) is 2.40. The maximum absolute atomic E-state index is 12.1. The van der Waals surface area contributed by atoms with Gasteiger partial charge >= 0.3 is 5.97 Å². The topological polar surface area (TPSA) is 66.8 Å². The molecule has 0 bridgehead atoms. The molecule has 0 fully saturated rings. The number of amides is 1. The summed E-state index contributed by atoms with van der Waals surface area (Å²) in [4.78, 5) is 24.6. The summed E-state index contributed by atoms with van der Waals surface area (Å²) in [6.07, 6.45) is 0. The minimum atomic E-state index is -0.513. The van der Waals surface area contributed by atoms with Crippen LogP contribution < -0.4 is 0 Å². The fraction of sp³-hybridized carbons (Fsp3) is 0.333. The molecule has 98 valence electrons. The molecule has 1 rings (SSSR count). The number of esters is 1. The molecule has 0 saturated carbocycles. The summed E-state index contributed by atoms with van der Waals surface area (Å²) >= 11 is 5.89. The molecule has 0 aliphatic heterocycles. The molecule has 18 heavy (non-hydrogen) atoms. The van der Waals surface area contributed by atoms with E-state index in [1.807, 2.05) is 0 Å². The lowest BCUT2D eigenvalue weighted by molar-refractivity contribution is -0.141. The van der Waals surface area contributed by atoms with Crippen LogP contribution in [0, 0.1) is 0 Å². The van der Waals surface area contributed by atoms with Crippen LogP contribution in [0.25, 0.3) is 0 Å². The normalized spacial score (nSPS) is 9.94. The summed E-state index contributed by atoms with van der Waals surface area (Å²) in [5.41, 5.74) is 0.155. The number of carbonyl (C=O) groups is 2. The van der Waals surface area contributed by atoms with Crippen molar-refractivity contribution in [2.45, 2.75) is 6.92 Å². The summed E-state index contributed by atoms with van der Waals surface area (Å²) in [7, 11) is 1.25. The predicted octanol–water partition coefficient (Wildman–Crippen LogP) is 1.68. The van der Waals surface area contributed by atoms with E-state index in [1.165, 1.54) is 30.2 Å². The van der Waals surface area contributed by atoms with Crippen molar-refractivity contribution in [3.05, 3.63) is 28.8 Å². The van der Waals surface area contributed by atoms with Gasteiger partial charge < -0.3 is 14.7 Å². The van der Waals surface area contributed by atoms with E-state index in [1.54, 1.807) is 6.92 Å². The third kappa shape index (κ3) is 3.37. The van der Waals surface area contributed by atoms with Gasteiger partial charge in [0.25, 0.3) is 5.91 Å². The van der Waals surface area contributed by atoms with Crippen molar-refractivity contribution in [1.82, 2.24) is 4.90 Å². The van der Waals surface area contributed by atoms with Crippen LogP contribution in [0.2, 0.25) is 5.02 Å². The van der Waals surface area contributed by atoms with Crippen molar-refractivity contribution >= 4 is 23.5 Å². The van der Waals surface area contributed by atoms with Gasteiger partial charge in [0.05, 0.1) is 17.7 Å². The number of aromatic hydroxyl groups is 1. The monoisotopic (exact) mass is 271 g/mol. The zero-order valence-corrected chi connectivity index (χ0v) is 10.9. The highest BCUT2D eigenvalue weighted by Crippen LogP contribution is 2.22. The molecule has 0 unspecified atom stereocenters. The number of nitrogens with zero attached hydrogens (tertiary/aromatic N) is 1. The highest BCUT2D eigenvalue weighted by atomic mass is 35.5. The minimum Gasteiger partial charge on any atom is -0.508 e. The first-order chi connectivity index (χ1) is 8.49. The number of benzene rings is 1. The van der Waals surface area contributed by atoms with Crippen LogP contribution >= 0.6 is 11.6 Å². The highest BCUT2D eigenvalue weighted by Gasteiger charge is 2.20. The number of ether oxygens (including phenoxy) is 1. The Balaban J connectivity index is 2.96. The smallest absolute Gasteiger partial charge is 0.325 e. The predicted molar refractivity (Wildman–Crippen MR) is 66.7 cm³/mol. The third-order valence-corrected chi connectivity index (χ3v) is 2.73. The number of phenols is 1. The van der Waals surface area contributed by atoms with Gasteiger partial charge in [0, 0.05) is 6.54 Å². The van der Waals surface area contributed by atoms with E-state index >= 15 is 0 Å². The average Bonchev–Trinajstić information content (AvgIpc) is 2.37. The number of likely N-dealkylation sites (N-methyl/N-ethyl adjacent to an activating group) is 1. The van der Waals surface area contributed by atoms with E-state index in [9.17, 15) is 14.7 Å². The summed E-state index contributed by atoms with van der Waals surface area (Å²) in [6.45, 7) is 1.91. The fourth-order valence-electron chi connectivity index (χ4n) is 1.40. The van der Waals surface area contributed by atoms with Gasteiger partial charge in [-0.05, 0) is 25.1 Å². The number of phenolic OH excluding ortho intramolecular Hbond substituents is 1. The highest BCUT2D eigenvalue weighted by molar-refractivity contribution is 6.33. The van der Waals surface area contributed by atoms with Gasteiger partial charge in [0.1, 0.15) is 12.3 Å². The van der Waals surface area contributed by atoms with E-state index in [0.29, 0.717) is 6.54 Å². The van der Waals surface area contributed by atoms with Gasteiger partial charge in [-0.15, -0.1) is 0 Å². The van der Waals surface area contributed by atoms with Gasteiger partial charge in [-0.1, -0.05) is 11.6 Å². The molecule has 5 nitrogen and oxygen atoms in total. The summed E-state index contributed by atoms with van der Waals surface area (Å²) in [5.74, 6) is -0.998. The van der Waals surface area contributed by atoms with Gasteiger partial charge in [0.15, 0.2) is 0 Å². The first-order valence-corrected chi connectivity index (χ1v) is 5.72. The average molecular weight is 272 g/mol. The lowest BCUT2D eigenvalue weighted by Crippen LogP contribution is -2.36. The molecule has 1 aromatic carbocycles. The first-order valence-electron chi connectivity index (χ1n) is 5.34. The molecule has 6 heteroatoms. The lowest BCUT2D eigenvalue weighted by atomic mass is 10.2. The molecular formula is C12H14ClNO4. The van der Waals surface area contributed by atoms with Gasteiger partial charge in [-0.3, -0.25) is 9.59 Å². The molecule has 1 amide bonds. The van der Waals surface area contributed by atoms with E-state index in [-0.39, 0.29) is 22.9 Å². The van der Waals surface area contributed by atoms with E-state index in [2.05, 4.69) is 4.74 Å². The summed E-state index contributed by atoms with van der Waals surface area (Å²) in [5, 5.41) is 9.57. The van der Waals surface area contributed by atoms with Crippen LogP contribution in [0.1, 0.15) is 17.3 Å². The lowest BCUT2D eigenvalue weighted by Gasteiger charge is -2.20. The minimum absolute atomic E-state index is 0.0585. The van der Waals surface area contributed by atoms with Crippen molar-refractivity contribution in [3.8, 4) is 5.75 Å². The first kappa shape index (κ1) is 14.3. The molecule has 0 radical (unpaired) electrons. The fourth-order valence-corrected chi connectivity index (χ4v) is 1.59. The van der Waals surface area contributed by atoms with Gasteiger partial charge in [0.2, 0.25) is 0 Å². The molecule has 0 heterocycles. The molecule has 0 saturated heterocycles. The molecule has 0 aliphatic rings. The SMILES string of the molecule is CCN(CC(=O)OC)C(=O)c1cc(O)ccc1Cl. The standard InChI is InChI=1S/C12H14ClNO4/c1-3-14(7-11(16)18-2)12(17)9-6-8(15)4-5-10(9)13/h4-6,15H,3,7H2,1-2H3. The quantitative estimate of drug-likeness (QED) is 0.846. The maximum Gasteiger partial charge on any atom is 0.325 e. The van der Waals surface area contributed by atoms with E-state index in [0.717, 1.165) is 0 Å². The molecule has 1 aromatic rings. The number of methoxy groups -OCH3 is 1. The second-order valence-electron chi connectivity index (χ2n) is 3.56.